The van der Waals surface area contributed by atoms with Gasteiger partial charge in [-0.2, -0.15) is 0 Å². The summed E-state index contributed by atoms with van der Waals surface area (Å²) in [5, 5.41) is 0. The molecule has 1 atom stereocenters. The first-order valence-corrected chi connectivity index (χ1v) is 9.56. The van der Waals surface area contributed by atoms with Gasteiger partial charge in [0, 0.05) is 4.90 Å². The van der Waals surface area contributed by atoms with Gasteiger partial charge >= 0.3 is 0 Å². The van der Waals surface area contributed by atoms with Crippen LogP contribution in [0.15, 0.2) is 53.4 Å². The van der Waals surface area contributed by atoms with Crippen LogP contribution < -0.4 is 9.47 Å². The highest BCUT2D eigenvalue weighted by Crippen LogP contribution is 2.24. The van der Waals surface area contributed by atoms with Crippen molar-refractivity contribution in [3.8, 4) is 11.5 Å². The summed E-state index contributed by atoms with van der Waals surface area (Å²) in [4.78, 5) is 1.29. The molecule has 2 rings (SSSR count). The zero-order valence-electron chi connectivity index (χ0n) is 15.1. The monoisotopic (exact) mass is 344 g/mol. The summed E-state index contributed by atoms with van der Waals surface area (Å²) in [6.07, 6.45) is 1.14. The van der Waals surface area contributed by atoms with E-state index in [0.29, 0.717) is 11.8 Å². The molecule has 0 aliphatic carbocycles. The van der Waals surface area contributed by atoms with Gasteiger partial charge < -0.3 is 9.47 Å². The van der Waals surface area contributed by atoms with Crippen LogP contribution in [0.4, 0.5) is 0 Å². The van der Waals surface area contributed by atoms with Crippen LogP contribution in [0.25, 0.3) is 0 Å². The molecule has 2 aromatic rings. The normalized spacial score (nSPS) is 12.2. The summed E-state index contributed by atoms with van der Waals surface area (Å²) in [7, 11) is 1.69. The van der Waals surface area contributed by atoms with Crippen molar-refractivity contribution in [2.75, 3.05) is 19.5 Å². The molecule has 2 nitrogen and oxygen atoms in total. The SMILES string of the molecule is COc1ccc(SCCC(C)COc2ccc(C(C)C)cc2)cc1. The molecule has 24 heavy (non-hydrogen) atoms. The molecule has 0 N–H and O–H groups in total. The Morgan fingerprint density at radius 3 is 2.08 bits per heavy atom. The average molecular weight is 345 g/mol. The van der Waals surface area contributed by atoms with Crippen molar-refractivity contribution < 1.29 is 9.47 Å². The van der Waals surface area contributed by atoms with Crippen molar-refractivity contribution in [3.05, 3.63) is 54.1 Å². The first-order valence-electron chi connectivity index (χ1n) is 8.58. The lowest BCUT2D eigenvalue weighted by atomic mass is 10.0. The van der Waals surface area contributed by atoms with Gasteiger partial charge in [0.15, 0.2) is 0 Å². The largest absolute Gasteiger partial charge is 0.497 e. The predicted octanol–water partition coefficient (Wildman–Crippen LogP) is 6.02. The summed E-state index contributed by atoms with van der Waals surface area (Å²) in [6, 6.07) is 16.7. The first-order chi connectivity index (χ1) is 11.6. The Kier molecular flexibility index (Phi) is 7.51. The summed E-state index contributed by atoms with van der Waals surface area (Å²) in [6.45, 7) is 7.43. The lowest BCUT2D eigenvalue weighted by Gasteiger charge is -2.14. The Labute approximate surface area is 150 Å². The molecule has 0 saturated carbocycles. The maximum Gasteiger partial charge on any atom is 0.119 e. The van der Waals surface area contributed by atoms with Gasteiger partial charge in [-0.25, -0.2) is 0 Å². The maximum absolute atomic E-state index is 5.91. The van der Waals surface area contributed by atoms with E-state index >= 15 is 0 Å². The molecule has 0 aromatic heterocycles. The molecule has 0 saturated heterocycles. The predicted molar refractivity (Wildman–Crippen MR) is 104 cm³/mol. The lowest BCUT2D eigenvalue weighted by molar-refractivity contribution is 0.257. The van der Waals surface area contributed by atoms with E-state index in [-0.39, 0.29) is 0 Å². The standard InChI is InChI=1S/C21H28O2S/c1-16(2)18-5-7-20(8-6-18)23-15-17(3)13-14-24-21-11-9-19(22-4)10-12-21/h5-12,16-17H,13-15H2,1-4H3. The van der Waals surface area contributed by atoms with Crippen LogP contribution in [0.5, 0.6) is 11.5 Å². The summed E-state index contributed by atoms with van der Waals surface area (Å²) in [5.74, 6) is 4.08. The van der Waals surface area contributed by atoms with Crippen molar-refractivity contribution in [2.24, 2.45) is 5.92 Å². The van der Waals surface area contributed by atoms with Gasteiger partial charge in [-0.3, -0.25) is 0 Å². The highest BCUT2D eigenvalue weighted by Gasteiger charge is 2.05. The third kappa shape index (κ3) is 6.12. The van der Waals surface area contributed by atoms with Gasteiger partial charge in [0.1, 0.15) is 11.5 Å². The van der Waals surface area contributed by atoms with E-state index in [0.717, 1.165) is 30.3 Å². The second kappa shape index (κ2) is 9.63. The third-order valence-corrected chi connectivity index (χ3v) is 5.07. The second-order valence-corrected chi connectivity index (χ2v) is 7.62. The molecular formula is C21H28O2S. The molecule has 0 spiro atoms. The highest BCUT2D eigenvalue weighted by molar-refractivity contribution is 7.99. The van der Waals surface area contributed by atoms with Gasteiger partial charge in [0.05, 0.1) is 13.7 Å². The quantitative estimate of drug-likeness (QED) is 0.519. The van der Waals surface area contributed by atoms with Crippen LogP contribution in [-0.4, -0.2) is 19.5 Å². The molecule has 0 bridgehead atoms. The Morgan fingerprint density at radius 2 is 1.50 bits per heavy atom. The van der Waals surface area contributed by atoms with Crippen molar-refractivity contribution in [2.45, 2.75) is 38.0 Å². The molecule has 2 aromatic carbocycles. The number of ether oxygens (including phenoxy) is 2. The Morgan fingerprint density at radius 1 is 0.875 bits per heavy atom. The van der Waals surface area contributed by atoms with Crippen LogP contribution in [0.3, 0.4) is 0 Å². The number of thioether (sulfide) groups is 1. The van der Waals surface area contributed by atoms with Crippen molar-refractivity contribution in [3.63, 3.8) is 0 Å². The van der Waals surface area contributed by atoms with Crippen LogP contribution in [0, 0.1) is 5.92 Å². The average Bonchev–Trinajstić information content (AvgIpc) is 2.61. The zero-order chi connectivity index (χ0) is 17.4. The van der Waals surface area contributed by atoms with Crippen LogP contribution >= 0.6 is 11.8 Å². The molecule has 0 amide bonds. The molecule has 3 heteroatoms. The van der Waals surface area contributed by atoms with Gasteiger partial charge in [0.25, 0.3) is 0 Å². The highest BCUT2D eigenvalue weighted by atomic mass is 32.2. The number of hydrogen-bond acceptors (Lipinski definition) is 3. The minimum Gasteiger partial charge on any atom is -0.497 e. The molecule has 0 heterocycles. The Balaban J connectivity index is 1.68. The molecule has 0 aliphatic heterocycles. The van der Waals surface area contributed by atoms with Crippen molar-refractivity contribution >= 4 is 11.8 Å². The minimum absolute atomic E-state index is 0.542. The molecule has 0 radical (unpaired) electrons. The number of methoxy groups -OCH3 is 1. The summed E-state index contributed by atoms with van der Waals surface area (Å²) >= 11 is 1.88. The van der Waals surface area contributed by atoms with Crippen LogP contribution in [0.1, 0.15) is 38.7 Å². The van der Waals surface area contributed by atoms with Crippen molar-refractivity contribution in [1.82, 2.24) is 0 Å². The molecule has 130 valence electrons. The van der Waals surface area contributed by atoms with E-state index in [9.17, 15) is 0 Å². The smallest absolute Gasteiger partial charge is 0.119 e. The first kappa shape index (κ1) is 18.7. The fourth-order valence-corrected chi connectivity index (χ4v) is 3.41. The van der Waals surface area contributed by atoms with Gasteiger partial charge in [0.2, 0.25) is 0 Å². The zero-order valence-corrected chi connectivity index (χ0v) is 15.9. The summed E-state index contributed by atoms with van der Waals surface area (Å²) < 4.78 is 11.1. The Hall–Kier alpha value is -1.61. The second-order valence-electron chi connectivity index (χ2n) is 6.45. The van der Waals surface area contributed by atoms with Crippen LogP contribution in [-0.2, 0) is 0 Å². The van der Waals surface area contributed by atoms with E-state index < -0.39 is 0 Å². The van der Waals surface area contributed by atoms with Crippen LogP contribution in [0.2, 0.25) is 0 Å². The van der Waals surface area contributed by atoms with E-state index in [1.54, 1.807) is 7.11 Å². The van der Waals surface area contributed by atoms with Crippen molar-refractivity contribution in [1.29, 1.82) is 0 Å². The van der Waals surface area contributed by atoms with Gasteiger partial charge in [-0.1, -0.05) is 32.9 Å². The fraction of sp³-hybridized carbons (Fsp3) is 0.429. The third-order valence-electron chi connectivity index (χ3n) is 4.02. The van der Waals surface area contributed by atoms with E-state index in [2.05, 4.69) is 57.2 Å². The van der Waals surface area contributed by atoms with E-state index in [1.165, 1.54) is 10.5 Å². The topological polar surface area (TPSA) is 18.5 Å². The minimum atomic E-state index is 0.542. The number of hydrogen-bond donors (Lipinski definition) is 0. The van der Waals surface area contributed by atoms with E-state index in [4.69, 9.17) is 9.47 Å². The lowest BCUT2D eigenvalue weighted by Crippen LogP contribution is -2.09. The fourth-order valence-electron chi connectivity index (χ4n) is 2.32. The molecule has 0 fully saturated rings. The maximum atomic E-state index is 5.91. The Bertz CT molecular complexity index is 590. The van der Waals surface area contributed by atoms with E-state index in [1.807, 2.05) is 23.9 Å². The molecule has 0 aliphatic rings. The molecule has 1 unspecified atom stereocenters. The number of benzene rings is 2. The van der Waals surface area contributed by atoms with Gasteiger partial charge in [-0.05, 0) is 66.0 Å². The molecular weight excluding hydrogens is 316 g/mol. The van der Waals surface area contributed by atoms with Gasteiger partial charge in [-0.15, -0.1) is 11.8 Å². The number of rotatable bonds is 9. The summed E-state index contributed by atoms with van der Waals surface area (Å²) in [5.41, 5.74) is 1.35.